The standard InChI is InChI=1S/C22H30NOP/c1-16-10-8-12-18(23-14-6-5-7-15-23)21(16)25-19-13-9-11-17(20(19)24)22(2,3)4/h8-13,24-25H,5-7,14-15H2,1-4H3. The van der Waals surface area contributed by atoms with Crippen LogP contribution in [0, 0.1) is 6.92 Å². The second-order valence-electron chi connectivity index (χ2n) is 8.09. The van der Waals surface area contributed by atoms with Crippen LogP contribution in [0.2, 0.25) is 0 Å². The van der Waals surface area contributed by atoms with Gasteiger partial charge in [0.05, 0.1) is 0 Å². The molecule has 1 atom stereocenters. The Morgan fingerprint density at radius 2 is 1.64 bits per heavy atom. The molecule has 3 rings (SSSR count). The van der Waals surface area contributed by atoms with Gasteiger partial charge in [-0.3, -0.25) is 0 Å². The minimum atomic E-state index is -0.0496. The summed E-state index contributed by atoms with van der Waals surface area (Å²) in [7, 11) is 0.481. The number of phenols is 1. The summed E-state index contributed by atoms with van der Waals surface area (Å²) in [6.07, 6.45) is 3.90. The largest absolute Gasteiger partial charge is 0.507 e. The molecule has 2 aromatic rings. The van der Waals surface area contributed by atoms with E-state index in [9.17, 15) is 5.11 Å². The number of hydrogen-bond acceptors (Lipinski definition) is 2. The summed E-state index contributed by atoms with van der Waals surface area (Å²) < 4.78 is 0. The molecule has 0 aromatic heterocycles. The van der Waals surface area contributed by atoms with Crippen LogP contribution in [0.5, 0.6) is 5.75 Å². The molecular formula is C22H30NOP. The quantitative estimate of drug-likeness (QED) is 0.812. The number of anilines is 1. The Morgan fingerprint density at radius 3 is 2.32 bits per heavy atom. The Morgan fingerprint density at radius 1 is 0.960 bits per heavy atom. The van der Waals surface area contributed by atoms with E-state index in [-0.39, 0.29) is 5.41 Å². The number of piperidine rings is 1. The number of rotatable bonds is 3. The first-order valence-corrected chi connectivity index (χ1v) is 10.3. The third kappa shape index (κ3) is 4.01. The van der Waals surface area contributed by atoms with Crippen molar-refractivity contribution in [1.29, 1.82) is 0 Å². The molecule has 1 heterocycles. The van der Waals surface area contributed by atoms with E-state index in [2.05, 4.69) is 62.9 Å². The van der Waals surface area contributed by atoms with Crippen molar-refractivity contribution >= 4 is 24.9 Å². The molecule has 0 saturated carbocycles. The zero-order chi connectivity index (χ0) is 18.0. The van der Waals surface area contributed by atoms with E-state index in [1.165, 1.54) is 35.8 Å². The molecule has 1 aliphatic heterocycles. The zero-order valence-corrected chi connectivity index (χ0v) is 16.9. The number of nitrogens with zero attached hydrogens (tertiary/aromatic N) is 1. The van der Waals surface area contributed by atoms with Gasteiger partial charge in [0.25, 0.3) is 0 Å². The van der Waals surface area contributed by atoms with Crippen LogP contribution < -0.4 is 15.5 Å². The molecule has 1 unspecified atom stereocenters. The summed E-state index contributed by atoms with van der Waals surface area (Å²) in [5.41, 5.74) is 3.66. The molecule has 1 N–H and O–H groups in total. The molecule has 0 radical (unpaired) electrons. The number of aryl methyl sites for hydroxylation is 1. The minimum absolute atomic E-state index is 0.0496. The Kier molecular flexibility index (Phi) is 5.39. The van der Waals surface area contributed by atoms with E-state index in [0.717, 1.165) is 24.0 Å². The van der Waals surface area contributed by atoms with Crippen molar-refractivity contribution in [2.24, 2.45) is 0 Å². The lowest BCUT2D eigenvalue weighted by Crippen LogP contribution is -2.33. The summed E-state index contributed by atoms with van der Waals surface area (Å²) in [6.45, 7) is 11.0. The number of phenolic OH excluding ortho intramolecular Hbond substituents is 1. The predicted molar refractivity (Wildman–Crippen MR) is 112 cm³/mol. The molecule has 1 aliphatic rings. The van der Waals surface area contributed by atoms with Gasteiger partial charge in [0.1, 0.15) is 5.75 Å². The van der Waals surface area contributed by atoms with Gasteiger partial charge in [-0.15, -0.1) is 0 Å². The number of hydrogen-bond donors (Lipinski definition) is 1. The highest BCUT2D eigenvalue weighted by Crippen LogP contribution is 2.34. The topological polar surface area (TPSA) is 23.5 Å². The Labute approximate surface area is 154 Å². The van der Waals surface area contributed by atoms with Crippen molar-refractivity contribution in [1.82, 2.24) is 0 Å². The predicted octanol–water partition coefficient (Wildman–Crippen LogP) is 4.62. The van der Waals surface area contributed by atoms with Crippen molar-refractivity contribution in [2.75, 3.05) is 18.0 Å². The van der Waals surface area contributed by atoms with E-state index in [1.54, 1.807) is 0 Å². The van der Waals surface area contributed by atoms with Crippen LogP contribution in [0.3, 0.4) is 0 Å². The van der Waals surface area contributed by atoms with E-state index < -0.39 is 0 Å². The molecule has 2 nitrogen and oxygen atoms in total. The average Bonchev–Trinajstić information content (AvgIpc) is 2.58. The third-order valence-corrected chi connectivity index (χ3v) is 6.62. The third-order valence-electron chi connectivity index (χ3n) is 5.05. The first-order valence-electron chi connectivity index (χ1n) is 9.32. The summed E-state index contributed by atoms with van der Waals surface area (Å²) >= 11 is 0. The normalized spacial score (nSPS) is 15.9. The first-order chi connectivity index (χ1) is 11.9. The molecule has 2 aromatic carbocycles. The summed E-state index contributed by atoms with van der Waals surface area (Å²) in [4.78, 5) is 2.53. The molecule has 3 heteroatoms. The summed E-state index contributed by atoms with van der Waals surface area (Å²) in [5, 5.41) is 13.3. The van der Waals surface area contributed by atoms with Gasteiger partial charge in [-0.2, -0.15) is 0 Å². The molecule has 0 spiro atoms. The average molecular weight is 355 g/mol. The van der Waals surface area contributed by atoms with Crippen molar-refractivity contribution in [2.45, 2.75) is 52.4 Å². The molecule has 1 fully saturated rings. The van der Waals surface area contributed by atoms with Crippen molar-refractivity contribution in [3.63, 3.8) is 0 Å². The van der Waals surface area contributed by atoms with Gasteiger partial charge in [-0.25, -0.2) is 0 Å². The Balaban J connectivity index is 1.99. The molecule has 0 aliphatic carbocycles. The van der Waals surface area contributed by atoms with Crippen LogP contribution in [-0.4, -0.2) is 18.2 Å². The summed E-state index contributed by atoms with van der Waals surface area (Å²) in [5.74, 6) is 0.473. The van der Waals surface area contributed by atoms with Gasteiger partial charge in [0, 0.05) is 29.4 Å². The Bertz CT molecular complexity index is 742. The fraction of sp³-hybridized carbons (Fsp3) is 0.455. The molecular weight excluding hydrogens is 325 g/mol. The number of aromatic hydroxyl groups is 1. The van der Waals surface area contributed by atoms with Crippen molar-refractivity contribution in [3.05, 3.63) is 47.5 Å². The second-order valence-corrected chi connectivity index (χ2v) is 9.38. The van der Waals surface area contributed by atoms with E-state index in [0.29, 0.717) is 14.3 Å². The maximum Gasteiger partial charge on any atom is 0.127 e. The number of benzene rings is 2. The highest BCUT2D eigenvalue weighted by Gasteiger charge is 2.21. The lowest BCUT2D eigenvalue weighted by Gasteiger charge is -2.31. The van der Waals surface area contributed by atoms with Gasteiger partial charge in [-0.1, -0.05) is 59.7 Å². The molecule has 25 heavy (non-hydrogen) atoms. The maximum absolute atomic E-state index is 10.9. The van der Waals surface area contributed by atoms with Crippen molar-refractivity contribution < 1.29 is 5.11 Å². The van der Waals surface area contributed by atoms with E-state index in [1.807, 2.05) is 6.07 Å². The lowest BCUT2D eigenvalue weighted by atomic mass is 9.86. The maximum atomic E-state index is 10.9. The van der Waals surface area contributed by atoms with Crippen LogP contribution in [0.15, 0.2) is 36.4 Å². The van der Waals surface area contributed by atoms with E-state index in [4.69, 9.17) is 0 Å². The monoisotopic (exact) mass is 355 g/mol. The summed E-state index contributed by atoms with van der Waals surface area (Å²) in [6, 6.07) is 12.8. The van der Waals surface area contributed by atoms with Gasteiger partial charge in [0.15, 0.2) is 0 Å². The van der Waals surface area contributed by atoms with Crippen molar-refractivity contribution in [3.8, 4) is 5.75 Å². The molecule has 134 valence electrons. The van der Waals surface area contributed by atoms with E-state index >= 15 is 0 Å². The molecule has 0 bridgehead atoms. The molecule has 0 amide bonds. The fourth-order valence-electron chi connectivity index (χ4n) is 3.60. The minimum Gasteiger partial charge on any atom is -0.507 e. The van der Waals surface area contributed by atoms with Gasteiger partial charge in [-0.05, 0) is 48.8 Å². The van der Waals surface area contributed by atoms with Crippen LogP contribution in [0.25, 0.3) is 0 Å². The zero-order valence-electron chi connectivity index (χ0n) is 15.9. The Hall–Kier alpha value is -1.53. The SMILES string of the molecule is Cc1cccc(N2CCCCC2)c1Pc1cccc(C(C)(C)C)c1O. The smallest absolute Gasteiger partial charge is 0.127 e. The number of para-hydroxylation sites is 1. The van der Waals surface area contributed by atoms with Crippen LogP contribution >= 0.6 is 8.58 Å². The lowest BCUT2D eigenvalue weighted by molar-refractivity contribution is 0.451. The van der Waals surface area contributed by atoms with Gasteiger partial charge >= 0.3 is 0 Å². The molecule has 1 saturated heterocycles. The van der Waals surface area contributed by atoms with Gasteiger partial charge in [0.2, 0.25) is 0 Å². The van der Waals surface area contributed by atoms with Crippen LogP contribution in [0.4, 0.5) is 5.69 Å². The van der Waals surface area contributed by atoms with Gasteiger partial charge < -0.3 is 10.0 Å². The highest BCUT2D eigenvalue weighted by molar-refractivity contribution is 7.56. The van der Waals surface area contributed by atoms with Crippen LogP contribution in [0.1, 0.15) is 51.2 Å². The second kappa shape index (κ2) is 7.38. The fourth-order valence-corrected chi connectivity index (χ4v) is 4.95. The first kappa shape index (κ1) is 18.3. The highest BCUT2D eigenvalue weighted by atomic mass is 31.1. The van der Waals surface area contributed by atoms with Crippen LogP contribution in [-0.2, 0) is 5.41 Å².